The van der Waals surface area contributed by atoms with E-state index >= 15 is 0 Å². The number of methoxy groups -OCH3 is 1. The van der Waals surface area contributed by atoms with Gasteiger partial charge in [-0.2, -0.15) is 0 Å². The number of oxime groups is 2. The molecule has 0 N–H and O–H groups in total. The van der Waals surface area contributed by atoms with E-state index in [0.717, 1.165) is 12.1 Å². The normalized spacial score (nSPS) is 12.1. The van der Waals surface area contributed by atoms with Crippen LogP contribution < -0.4 is 0 Å². The predicted octanol–water partition coefficient (Wildman–Crippen LogP) is 3.84. The van der Waals surface area contributed by atoms with Crippen LogP contribution in [0.5, 0.6) is 0 Å². The first-order valence-corrected chi connectivity index (χ1v) is 8.41. The third-order valence-corrected chi connectivity index (χ3v) is 3.93. The Morgan fingerprint density at radius 2 is 1.83 bits per heavy atom. The Bertz CT molecular complexity index is 930. The smallest absolute Gasteiger partial charge is 0.360 e. The number of nitrogens with zero attached hydrogens (tertiary/aromatic N) is 2. The van der Waals surface area contributed by atoms with E-state index in [9.17, 15) is 18.0 Å². The Morgan fingerprint density at radius 1 is 1.10 bits per heavy atom. The zero-order chi connectivity index (χ0) is 21.4. The van der Waals surface area contributed by atoms with Gasteiger partial charge >= 0.3 is 5.97 Å². The van der Waals surface area contributed by atoms with E-state index in [1.54, 1.807) is 25.1 Å². The lowest BCUT2D eigenvalue weighted by atomic mass is 9.99. The van der Waals surface area contributed by atoms with Crippen molar-refractivity contribution in [2.24, 2.45) is 10.3 Å². The molecule has 0 saturated heterocycles. The van der Waals surface area contributed by atoms with Crippen molar-refractivity contribution >= 4 is 17.4 Å². The molecule has 0 radical (unpaired) electrons. The summed E-state index contributed by atoms with van der Waals surface area (Å²) in [6.07, 6.45) is -2.98. The summed E-state index contributed by atoms with van der Waals surface area (Å²) in [4.78, 5) is 21.9. The number of hydrogen-bond acceptors (Lipinski definition) is 6. The quantitative estimate of drug-likeness (QED) is 0.378. The summed E-state index contributed by atoms with van der Waals surface area (Å²) in [5, 5.41) is 7.18. The Labute approximate surface area is 165 Å². The summed E-state index contributed by atoms with van der Waals surface area (Å²) in [6.45, 7) is 1.50. The van der Waals surface area contributed by atoms with Crippen molar-refractivity contribution < 1.29 is 32.4 Å². The fraction of sp³-hybridized carbons (Fsp3) is 0.250. The average Bonchev–Trinajstić information content (AvgIpc) is 2.69. The molecule has 0 fully saturated rings. The molecule has 0 saturated carbocycles. The van der Waals surface area contributed by atoms with Crippen LogP contribution in [0.2, 0.25) is 0 Å². The van der Waals surface area contributed by atoms with E-state index < -0.39 is 23.9 Å². The highest BCUT2D eigenvalue weighted by Crippen LogP contribution is 2.19. The molecular formula is C20H19F3N2O4. The number of hydrogen-bond donors (Lipinski definition) is 0. The summed E-state index contributed by atoms with van der Waals surface area (Å²) in [6, 6.07) is 9.69. The van der Waals surface area contributed by atoms with Gasteiger partial charge in [-0.3, -0.25) is 0 Å². The largest absolute Gasteiger partial charge is 0.464 e. The van der Waals surface area contributed by atoms with Crippen molar-refractivity contribution in [2.75, 3.05) is 14.2 Å². The van der Waals surface area contributed by atoms with Crippen LogP contribution in [-0.4, -0.2) is 38.0 Å². The van der Waals surface area contributed by atoms with Crippen molar-refractivity contribution in [2.45, 2.75) is 20.0 Å². The zero-order valence-corrected chi connectivity index (χ0v) is 16.0. The Balaban J connectivity index is 2.35. The number of ether oxygens (including phenoxy) is 1. The van der Waals surface area contributed by atoms with Crippen LogP contribution >= 0.6 is 0 Å². The molecule has 0 aliphatic carbocycles. The highest BCUT2D eigenvalue weighted by molar-refractivity contribution is 6.43. The van der Waals surface area contributed by atoms with E-state index in [0.29, 0.717) is 16.7 Å². The van der Waals surface area contributed by atoms with Crippen LogP contribution in [0.15, 0.2) is 52.8 Å². The molecule has 0 heterocycles. The molecule has 0 amide bonds. The van der Waals surface area contributed by atoms with E-state index in [2.05, 4.69) is 10.3 Å². The van der Waals surface area contributed by atoms with Crippen molar-refractivity contribution in [1.82, 2.24) is 0 Å². The van der Waals surface area contributed by atoms with Gasteiger partial charge in [0.05, 0.1) is 7.11 Å². The van der Waals surface area contributed by atoms with Crippen molar-refractivity contribution in [3.63, 3.8) is 0 Å². The van der Waals surface area contributed by atoms with E-state index in [1.807, 2.05) is 0 Å². The summed E-state index contributed by atoms with van der Waals surface area (Å²) < 4.78 is 44.8. The molecule has 0 bridgehead atoms. The highest BCUT2D eigenvalue weighted by atomic mass is 19.3. The lowest BCUT2D eigenvalue weighted by Crippen LogP contribution is -2.20. The van der Waals surface area contributed by atoms with Crippen molar-refractivity contribution in [3.05, 3.63) is 70.5 Å². The Kier molecular flexibility index (Phi) is 7.76. The minimum absolute atomic E-state index is 0.0961. The van der Waals surface area contributed by atoms with Crippen LogP contribution in [-0.2, 0) is 25.8 Å². The van der Waals surface area contributed by atoms with Gasteiger partial charge in [0.2, 0.25) is 0 Å². The second-order valence-electron chi connectivity index (χ2n) is 5.78. The molecule has 2 aromatic carbocycles. The number of alkyl halides is 2. The molecule has 6 nitrogen and oxygen atoms in total. The summed E-state index contributed by atoms with van der Waals surface area (Å²) in [5.41, 5.74) is 0.610. The monoisotopic (exact) mass is 408 g/mol. The predicted molar refractivity (Wildman–Crippen MR) is 100 cm³/mol. The van der Waals surface area contributed by atoms with Crippen LogP contribution in [0, 0.1) is 12.7 Å². The molecule has 2 aromatic rings. The maximum absolute atomic E-state index is 13.4. The number of carbonyl (C=O) groups excluding carboxylic acids is 1. The number of benzene rings is 2. The van der Waals surface area contributed by atoms with Crippen LogP contribution in [0.4, 0.5) is 13.2 Å². The van der Waals surface area contributed by atoms with Crippen LogP contribution in [0.3, 0.4) is 0 Å². The second kappa shape index (κ2) is 10.3. The Morgan fingerprint density at radius 3 is 2.45 bits per heavy atom. The fourth-order valence-corrected chi connectivity index (χ4v) is 2.53. The van der Waals surface area contributed by atoms with Crippen LogP contribution in [0.1, 0.15) is 22.3 Å². The van der Waals surface area contributed by atoms with Crippen molar-refractivity contribution in [1.29, 1.82) is 0 Å². The standard InChI is InChI=1S/C20H19F3N2O4/c1-12-6-4-9-15(18(24-28-3)20(26)27-2)16(12)11-29-25-17(19(22)23)13-7-5-8-14(21)10-13/h4-10,19H,11H2,1-3H3/b24-18+,25-17-. The topological polar surface area (TPSA) is 69.5 Å². The first kappa shape index (κ1) is 21.9. The van der Waals surface area contributed by atoms with Gasteiger partial charge in [0.1, 0.15) is 19.5 Å². The van der Waals surface area contributed by atoms with Gasteiger partial charge < -0.3 is 14.4 Å². The van der Waals surface area contributed by atoms with Crippen LogP contribution in [0.25, 0.3) is 0 Å². The molecular weight excluding hydrogens is 389 g/mol. The molecule has 2 rings (SSSR count). The van der Waals surface area contributed by atoms with Gasteiger partial charge in [-0.15, -0.1) is 0 Å². The number of aryl methyl sites for hydroxylation is 1. The third kappa shape index (κ3) is 5.56. The number of esters is 1. The average molecular weight is 408 g/mol. The van der Waals surface area contributed by atoms with E-state index in [1.165, 1.54) is 26.4 Å². The molecule has 0 aliphatic heterocycles. The third-order valence-electron chi connectivity index (χ3n) is 3.93. The minimum atomic E-state index is -2.98. The van der Waals surface area contributed by atoms with Gasteiger partial charge in [0.25, 0.3) is 6.43 Å². The van der Waals surface area contributed by atoms with Gasteiger partial charge in [-0.05, 0) is 24.6 Å². The number of halogens is 3. The fourth-order valence-electron chi connectivity index (χ4n) is 2.53. The maximum atomic E-state index is 13.4. The van der Waals surface area contributed by atoms with E-state index in [4.69, 9.17) is 14.4 Å². The maximum Gasteiger partial charge on any atom is 0.360 e. The van der Waals surface area contributed by atoms with Gasteiger partial charge in [0, 0.05) is 16.7 Å². The number of rotatable bonds is 8. The van der Waals surface area contributed by atoms with Gasteiger partial charge in [0.15, 0.2) is 11.4 Å². The van der Waals surface area contributed by atoms with Crippen molar-refractivity contribution in [3.8, 4) is 0 Å². The SMILES string of the molecule is CO/N=C(/C(=O)OC)c1cccc(C)c1CO/N=C(/c1cccc(F)c1)C(F)F. The van der Waals surface area contributed by atoms with Gasteiger partial charge in [-0.1, -0.05) is 40.6 Å². The first-order chi connectivity index (χ1) is 13.9. The molecule has 0 atom stereocenters. The molecule has 0 unspecified atom stereocenters. The second-order valence-corrected chi connectivity index (χ2v) is 5.78. The first-order valence-electron chi connectivity index (χ1n) is 8.41. The molecule has 0 aliphatic rings. The summed E-state index contributed by atoms with van der Waals surface area (Å²) in [5.74, 6) is -1.41. The number of carbonyl (C=O) groups is 1. The highest BCUT2D eigenvalue weighted by Gasteiger charge is 2.21. The molecule has 0 aromatic heterocycles. The summed E-state index contributed by atoms with van der Waals surface area (Å²) in [7, 11) is 2.46. The van der Waals surface area contributed by atoms with Gasteiger partial charge in [-0.25, -0.2) is 18.0 Å². The molecule has 0 spiro atoms. The molecule has 154 valence electrons. The molecule has 9 heteroatoms. The Hall–Kier alpha value is -3.36. The zero-order valence-electron chi connectivity index (χ0n) is 16.0. The minimum Gasteiger partial charge on any atom is -0.464 e. The molecule has 29 heavy (non-hydrogen) atoms. The summed E-state index contributed by atoms with van der Waals surface area (Å²) >= 11 is 0. The lowest BCUT2D eigenvalue weighted by Gasteiger charge is -2.13. The van der Waals surface area contributed by atoms with E-state index in [-0.39, 0.29) is 17.9 Å². The lowest BCUT2D eigenvalue weighted by molar-refractivity contribution is -0.132.